The highest BCUT2D eigenvalue weighted by Crippen LogP contribution is 2.18. The van der Waals surface area contributed by atoms with Gasteiger partial charge in [0.05, 0.1) is 0 Å². The van der Waals surface area contributed by atoms with E-state index in [0.717, 1.165) is 0 Å². The zero-order valence-corrected chi connectivity index (χ0v) is 6.58. The van der Waals surface area contributed by atoms with E-state index in [-0.39, 0.29) is 10.9 Å². The summed E-state index contributed by atoms with van der Waals surface area (Å²) in [5, 5.41) is 8.01. The first-order valence-corrected chi connectivity index (χ1v) is 4.70. The van der Waals surface area contributed by atoms with Crippen molar-refractivity contribution >= 4 is 27.9 Å². The van der Waals surface area contributed by atoms with Crippen LogP contribution in [0.2, 0.25) is 0 Å². The zero-order chi connectivity index (χ0) is 6.57. The van der Waals surface area contributed by atoms with Gasteiger partial charge < -0.3 is 0 Å². The van der Waals surface area contributed by atoms with Gasteiger partial charge in [-0.05, 0) is 12.5 Å². The number of hydrogen-bond acceptors (Lipinski definition) is 2. The van der Waals surface area contributed by atoms with Crippen LogP contribution in [0.25, 0.3) is 0 Å². The van der Waals surface area contributed by atoms with Gasteiger partial charge in [0.15, 0.2) is 0 Å². The number of hydrogen-bond donors (Lipinski definition) is 2. The van der Waals surface area contributed by atoms with Gasteiger partial charge in [0.25, 0.3) is 0 Å². The Kier molecular flexibility index (Phi) is 3.75. The van der Waals surface area contributed by atoms with Gasteiger partial charge in [-0.15, -0.1) is 12.6 Å². The van der Waals surface area contributed by atoms with E-state index in [0.29, 0.717) is 4.38 Å². The summed E-state index contributed by atoms with van der Waals surface area (Å²) in [5.74, 6) is 0. The third-order valence-corrected chi connectivity index (χ3v) is 2.75. The molecule has 0 rings (SSSR count). The maximum atomic E-state index is 8.01. The highest BCUT2D eigenvalue weighted by atomic mass is 32.2. The van der Waals surface area contributed by atoms with Gasteiger partial charge in [-0.3, -0.25) is 0 Å². The predicted octanol–water partition coefficient (Wildman–Crippen LogP) is 1.01. The van der Waals surface area contributed by atoms with Gasteiger partial charge in [-0.25, -0.2) is 10.9 Å². The highest BCUT2D eigenvalue weighted by molar-refractivity contribution is 8.42. The first-order valence-electron chi connectivity index (χ1n) is 2.01. The van der Waals surface area contributed by atoms with Crippen LogP contribution in [-0.2, 0) is 0 Å². The minimum Gasteiger partial charge on any atom is -0.209 e. The van der Waals surface area contributed by atoms with Crippen LogP contribution < -0.4 is 0 Å². The van der Waals surface area contributed by atoms with Crippen molar-refractivity contribution in [1.29, 1.82) is 5.26 Å². The van der Waals surface area contributed by atoms with Crippen molar-refractivity contribution in [3.8, 4) is 6.19 Å². The monoisotopic (exact) mass is 148 g/mol. The van der Waals surface area contributed by atoms with Crippen molar-refractivity contribution in [1.82, 2.24) is 0 Å². The molecule has 0 aliphatic rings. The summed E-state index contributed by atoms with van der Waals surface area (Å²) in [4.78, 5) is 3.44. The summed E-state index contributed by atoms with van der Waals surface area (Å²) >= 11 is 3.96. The van der Waals surface area contributed by atoms with Crippen molar-refractivity contribution in [2.45, 2.75) is 0 Å². The van der Waals surface area contributed by atoms with E-state index in [4.69, 9.17) is 5.26 Å². The van der Waals surface area contributed by atoms with Crippen LogP contribution in [0.1, 0.15) is 0 Å². The van der Waals surface area contributed by atoms with Crippen LogP contribution in [0.15, 0.2) is 4.99 Å². The summed E-state index contributed by atoms with van der Waals surface area (Å²) in [7, 11) is -0.276. The zero-order valence-electron chi connectivity index (χ0n) is 4.79. The molecule has 0 amide bonds. The minimum atomic E-state index is -0.276. The Labute approximate surface area is 57.4 Å². The van der Waals surface area contributed by atoms with E-state index in [2.05, 4.69) is 17.6 Å². The summed E-state index contributed by atoms with van der Waals surface area (Å²) in [6.45, 7) is 0. The normalized spacial score (nSPS) is 12.8. The number of nitriles is 1. The molecule has 0 aliphatic heterocycles. The molecule has 0 aromatic rings. The van der Waals surface area contributed by atoms with E-state index in [1.165, 1.54) is 0 Å². The number of nitrogens with zero attached hydrogens (tertiary/aromatic N) is 2. The molecule has 0 aromatic heterocycles. The molecule has 0 aliphatic carbocycles. The molecular formula is C4H8N2S2. The van der Waals surface area contributed by atoms with E-state index in [1.54, 1.807) is 6.19 Å². The fourth-order valence-electron chi connectivity index (χ4n) is 0.145. The van der Waals surface area contributed by atoms with Gasteiger partial charge >= 0.3 is 0 Å². The van der Waals surface area contributed by atoms with Crippen LogP contribution in [-0.4, -0.2) is 16.9 Å². The average Bonchev–Trinajstić information content (AvgIpc) is 1.67. The van der Waals surface area contributed by atoms with Gasteiger partial charge in [0.2, 0.25) is 6.19 Å². The molecule has 0 fully saturated rings. The molecule has 0 bridgehead atoms. The molecule has 0 atom stereocenters. The van der Waals surface area contributed by atoms with E-state index in [9.17, 15) is 0 Å². The van der Waals surface area contributed by atoms with Crippen LogP contribution in [0, 0.1) is 11.5 Å². The minimum absolute atomic E-state index is 0.276. The van der Waals surface area contributed by atoms with Crippen LogP contribution in [0.5, 0.6) is 0 Å². The Morgan fingerprint density at radius 3 is 2.38 bits per heavy atom. The molecule has 0 N–H and O–H groups in total. The summed E-state index contributed by atoms with van der Waals surface area (Å²) in [6, 6.07) is 0. The third-order valence-electron chi connectivity index (χ3n) is 0.550. The van der Waals surface area contributed by atoms with Crippen molar-refractivity contribution in [3.63, 3.8) is 0 Å². The van der Waals surface area contributed by atoms with Crippen LogP contribution >= 0.6 is 23.5 Å². The van der Waals surface area contributed by atoms with E-state index < -0.39 is 0 Å². The molecule has 46 valence electrons. The number of rotatable bonds is 0. The first kappa shape index (κ1) is 7.86. The van der Waals surface area contributed by atoms with Gasteiger partial charge in [-0.2, -0.15) is 10.3 Å². The molecule has 4 heteroatoms. The lowest BCUT2D eigenvalue weighted by Crippen LogP contribution is -1.83. The summed E-state index contributed by atoms with van der Waals surface area (Å²) in [6.07, 6.45) is 5.67. The SMILES string of the molecule is C[SH](C)C(S)=NC#N. The molecule has 0 unspecified atom stereocenters. The molecule has 2 nitrogen and oxygen atoms in total. The lowest BCUT2D eigenvalue weighted by atomic mass is 11.3. The number of aliphatic imine (C=N–C) groups is 1. The summed E-state index contributed by atoms with van der Waals surface area (Å²) in [5.41, 5.74) is 0. The van der Waals surface area contributed by atoms with Crippen molar-refractivity contribution in [3.05, 3.63) is 0 Å². The lowest BCUT2D eigenvalue weighted by molar-refractivity contribution is 1.45. The molecule has 8 heavy (non-hydrogen) atoms. The maximum Gasteiger partial charge on any atom is 0.207 e. The molecule has 0 heterocycles. The standard InChI is InChI=1S/C4H8N2S2/c1-8(2)4(7)6-3-5/h8H,1-2H3,(H,6,7). The van der Waals surface area contributed by atoms with Gasteiger partial charge in [-0.1, -0.05) is 0 Å². The van der Waals surface area contributed by atoms with E-state index in [1.807, 2.05) is 12.5 Å². The van der Waals surface area contributed by atoms with E-state index >= 15 is 0 Å². The Hall–Kier alpha value is -0.140. The first-order chi connectivity index (χ1) is 3.68. The fraction of sp³-hybridized carbons (Fsp3) is 0.500. The maximum absolute atomic E-state index is 8.01. The lowest BCUT2D eigenvalue weighted by Gasteiger charge is -2.02. The van der Waals surface area contributed by atoms with Crippen molar-refractivity contribution in [2.24, 2.45) is 4.99 Å². The third kappa shape index (κ3) is 2.94. The second kappa shape index (κ2) is 3.81. The molecule has 0 spiro atoms. The molecular weight excluding hydrogens is 140 g/mol. The smallest absolute Gasteiger partial charge is 0.207 e. The Morgan fingerprint density at radius 2 is 2.25 bits per heavy atom. The van der Waals surface area contributed by atoms with Gasteiger partial charge in [0, 0.05) is 0 Å². The van der Waals surface area contributed by atoms with Gasteiger partial charge in [0.1, 0.15) is 4.38 Å². The largest absolute Gasteiger partial charge is 0.209 e. The molecule has 0 saturated carbocycles. The van der Waals surface area contributed by atoms with Crippen molar-refractivity contribution < 1.29 is 0 Å². The number of thiol groups is 2. The Balaban J connectivity index is 3.85. The average molecular weight is 148 g/mol. The summed E-state index contributed by atoms with van der Waals surface area (Å²) < 4.78 is 0.655. The van der Waals surface area contributed by atoms with Crippen LogP contribution in [0.4, 0.5) is 0 Å². The highest BCUT2D eigenvalue weighted by Gasteiger charge is 1.90. The second-order valence-corrected chi connectivity index (χ2v) is 4.40. The second-order valence-electron chi connectivity index (χ2n) is 1.41. The quantitative estimate of drug-likeness (QED) is 0.229. The molecule has 0 aromatic carbocycles. The van der Waals surface area contributed by atoms with Crippen LogP contribution in [0.3, 0.4) is 0 Å². The predicted molar refractivity (Wildman–Crippen MR) is 42.9 cm³/mol. The fourth-order valence-corrected chi connectivity index (χ4v) is 0.434. The van der Waals surface area contributed by atoms with Crippen molar-refractivity contribution in [2.75, 3.05) is 12.5 Å². The Morgan fingerprint density at radius 1 is 1.75 bits per heavy atom. The topological polar surface area (TPSA) is 36.1 Å². The molecule has 0 saturated heterocycles. The molecule has 0 radical (unpaired) electrons. The Bertz CT molecular complexity index is 133.